The molecule has 0 bridgehead atoms. The summed E-state index contributed by atoms with van der Waals surface area (Å²) in [7, 11) is -1.18. The minimum Gasteiger partial charge on any atom is -0.381 e. The smallest absolute Gasteiger partial charge is 0.193 e. The maximum Gasteiger partial charge on any atom is 0.193 e. The second kappa shape index (κ2) is 12.3. The molecule has 1 heterocycles. The zero-order chi connectivity index (χ0) is 16.4. The van der Waals surface area contributed by atoms with Crippen LogP contribution in [0.15, 0.2) is 4.99 Å². The number of halogens is 1. The number of hydrogen-bond acceptors (Lipinski definition) is 5. The average molecular weight is 463 g/mol. The first kappa shape index (κ1) is 22.9. The van der Waals surface area contributed by atoms with E-state index in [1.165, 1.54) is 6.26 Å². The maximum atomic E-state index is 11.0. The van der Waals surface area contributed by atoms with Crippen LogP contribution in [0, 0.1) is 5.92 Å². The van der Waals surface area contributed by atoms with Gasteiger partial charge in [-0.3, -0.25) is 4.99 Å². The molecular formula is C14H30IN3O4S. The Morgan fingerprint density at radius 1 is 1.35 bits per heavy atom. The van der Waals surface area contributed by atoms with E-state index in [1.54, 1.807) is 7.05 Å². The van der Waals surface area contributed by atoms with Gasteiger partial charge in [0, 0.05) is 45.5 Å². The molecule has 1 aliphatic heterocycles. The number of aliphatic imine (C=N–C) groups is 1. The predicted molar refractivity (Wildman–Crippen MR) is 103 cm³/mol. The van der Waals surface area contributed by atoms with Gasteiger partial charge < -0.3 is 19.7 Å². The van der Waals surface area contributed by atoms with Crippen LogP contribution >= 0.6 is 24.0 Å². The number of ether oxygens (including phenoxy) is 2. The second-order valence-corrected chi connectivity index (χ2v) is 7.74. The topological polar surface area (TPSA) is 80.2 Å². The van der Waals surface area contributed by atoms with Crippen LogP contribution in [0.4, 0.5) is 0 Å². The molecule has 1 atom stereocenters. The molecule has 0 amide bonds. The summed E-state index contributed by atoms with van der Waals surface area (Å²) >= 11 is 0. The lowest BCUT2D eigenvalue weighted by molar-refractivity contribution is 0.114. The van der Waals surface area contributed by atoms with Gasteiger partial charge in [0.2, 0.25) is 0 Å². The minimum absolute atomic E-state index is 0. The van der Waals surface area contributed by atoms with E-state index in [0.29, 0.717) is 19.1 Å². The average Bonchev–Trinajstić information content (AvgIpc) is 2.92. The number of nitrogens with zero attached hydrogens (tertiary/aromatic N) is 2. The lowest BCUT2D eigenvalue weighted by atomic mass is 10.1. The van der Waals surface area contributed by atoms with Crippen LogP contribution in [0.25, 0.3) is 0 Å². The number of guanidine groups is 1. The van der Waals surface area contributed by atoms with Crippen molar-refractivity contribution in [1.29, 1.82) is 0 Å². The predicted octanol–water partition coefficient (Wildman–Crippen LogP) is 0.599. The van der Waals surface area contributed by atoms with Crippen LogP contribution < -0.4 is 5.32 Å². The molecule has 0 aromatic carbocycles. The lowest BCUT2D eigenvalue weighted by Gasteiger charge is -2.21. The van der Waals surface area contributed by atoms with Gasteiger partial charge in [-0.25, -0.2) is 8.42 Å². The largest absolute Gasteiger partial charge is 0.381 e. The van der Waals surface area contributed by atoms with Gasteiger partial charge in [0.15, 0.2) is 5.96 Å². The molecule has 0 spiro atoms. The number of likely N-dealkylation sites (tertiary alicyclic amines) is 1. The number of nitrogens with one attached hydrogen (secondary N) is 1. The van der Waals surface area contributed by atoms with Crippen molar-refractivity contribution in [2.45, 2.75) is 13.3 Å². The maximum absolute atomic E-state index is 11.0. The number of rotatable bonds is 9. The van der Waals surface area contributed by atoms with Gasteiger partial charge in [-0.05, 0) is 13.3 Å². The molecule has 0 aromatic heterocycles. The van der Waals surface area contributed by atoms with Crippen molar-refractivity contribution in [1.82, 2.24) is 10.2 Å². The number of hydrogen-bond donors (Lipinski definition) is 1. The molecule has 1 fully saturated rings. The van der Waals surface area contributed by atoms with E-state index < -0.39 is 9.84 Å². The van der Waals surface area contributed by atoms with E-state index in [1.807, 2.05) is 6.92 Å². The highest BCUT2D eigenvalue weighted by molar-refractivity contribution is 14.0. The van der Waals surface area contributed by atoms with E-state index in [2.05, 4.69) is 15.2 Å². The fourth-order valence-corrected chi connectivity index (χ4v) is 2.75. The lowest BCUT2D eigenvalue weighted by Crippen LogP contribution is -2.41. The second-order valence-electron chi connectivity index (χ2n) is 5.48. The van der Waals surface area contributed by atoms with Crippen LogP contribution in [0.2, 0.25) is 0 Å². The molecule has 1 aliphatic rings. The monoisotopic (exact) mass is 463 g/mol. The van der Waals surface area contributed by atoms with Gasteiger partial charge >= 0.3 is 0 Å². The first-order valence-electron chi connectivity index (χ1n) is 7.75. The van der Waals surface area contributed by atoms with Gasteiger partial charge in [-0.2, -0.15) is 0 Å². The fourth-order valence-electron chi connectivity index (χ4n) is 2.33. The summed E-state index contributed by atoms with van der Waals surface area (Å²) in [6, 6.07) is 0. The molecule has 0 aromatic rings. The Labute approximate surface area is 157 Å². The molecule has 23 heavy (non-hydrogen) atoms. The van der Waals surface area contributed by atoms with Crippen LogP contribution in [0.1, 0.15) is 13.3 Å². The molecule has 0 radical (unpaired) electrons. The molecule has 1 unspecified atom stereocenters. The molecule has 7 nitrogen and oxygen atoms in total. The standard InChI is InChI=1S/C14H29N3O4S.HI/c1-4-20-12-13-5-7-17(11-13)14(15-2)16-6-8-21-9-10-22(3,18)19;/h13H,4-12H2,1-3H3,(H,15,16);1H. The Balaban J connectivity index is 0.00000484. The van der Waals surface area contributed by atoms with Gasteiger partial charge in [0.1, 0.15) is 9.84 Å². The third kappa shape index (κ3) is 10.4. The Morgan fingerprint density at radius 3 is 2.70 bits per heavy atom. The summed E-state index contributed by atoms with van der Waals surface area (Å²) in [5.74, 6) is 1.49. The summed E-state index contributed by atoms with van der Waals surface area (Å²) in [5.41, 5.74) is 0. The Kier molecular flexibility index (Phi) is 12.2. The van der Waals surface area contributed by atoms with Crippen molar-refractivity contribution < 1.29 is 17.9 Å². The van der Waals surface area contributed by atoms with E-state index in [0.717, 1.165) is 38.7 Å². The first-order valence-corrected chi connectivity index (χ1v) is 9.81. The van der Waals surface area contributed by atoms with Crippen molar-refractivity contribution in [3.63, 3.8) is 0 Å². The van der Waals surface area contributed by atoms with Crippen LogP contribution in [-0.4, -0.2) is 84.4 Å². The van der Waals surface area contributed by atoms with Crippen molar-refractivity contribution in [3.05, 3.63) is 0 Å². The zero-order valence-electron chi connectivity index (χ0n) is 14.3. The highest BCUT2D eigenvalue weighted by atomic mass is 127. The quantitative estimate of drug-likeness (QED) is 0.234. The van der Waals surface area contributed by atoms with Gasteiger partial charge in [0.25, 0.3) is 0 Å². The highest BCUT2D eigenvalue weighted by Gasteiger charge is 2.24. The van der Waals surface area contributed by atoms with E-state index in [4.69, 9.17) is 9.47 Å². The van der Waals surface area contributed by atoms with Crippen LogP contribution in [-0.2, 0) is 19.3 Å². The van der Waals surface area contributed by atoms with Gasteiger partial charge in [-0.15, -0.1) is 24.0 Å². The summed E-state index contributed by atoms with van der Waals surface area (Å²) in [6.07, 6.45) is 2.33. The Bertz CT molecular complexity index is 445. The van der Waals surface area contributed by atoms with Gasteiger partial charge in [0.05, 0.1) is 25.6 Å². The third-order valence-corrected chi connectivity index (χ3v) is 4.39. The Hall–Kier alpha value is -0.130. The van der Waals surface area contributed by atoms with E-state index >= 15 is 0 Å². The molecule has 1 saturated heterocycles. The molecule has 9 heteroatoms. The van der Waals surface area contributed by atoms with Crippen LogP contribution in [0.5, 0.6) is 0 Å². The van der Waals surface area contributed by atoms with Crippen molar-refractivity contribution >= 4 is 39.8 Å². The molecule has 1 N–H and O–H groups in total. The summed E-state index contributed by atoms with van der Waals surface area (Å²) < 4.78 is 32.7. The van der Waals surface area contributed by atoms with Gasteiger partial charge in [-0.1, -0.05) is 0 Å². The number of sulfone groups is 1. The normalized spacial score (nSPS) is 18.8. The molecule has 138 valence electrons. The molecule has 0 aliphatic carbocycles. The molecule has 0 saturated carbocycles. The molecule has 1 rings (SSSR count). The fraction of sp³-hybridized carbons (Fsp3) is 0.929. The van der Waals surface area contributed by atoms with E-state index in [-0.39, 0.29) is 36.3 Å². The van der Waals surface area contributed by atoms with Crippen molar-refractivity contribution in [3.8, 4) is 0 Å². The van der Waals surface area contributed by atoms with Crippen molar-refractivity contribution in [2.24, 2.45) is 10.9 Å². The third-order valence-electron chi connectivity index (χ3n) is 3.48. The summed E-state index contributed by atoms with van der Waals surface area (Å²) in [6.45, 7) is 6.82. The SMILES string of the molecule is CCOCC1CCN(C(=NC)NCCOCCS(C)(=O)=O)C1.I. The van der Waals surface area contributed by atoms with E-state index in [9.17, 15) is 8.42 Å². The van der Waals surface area contributed by atoms with Crippen LogP contribution in [0.3, 0.4) is 0 Å². The Morgan fingerprint density at radius 2 is 2.09 bits per heavy atom. The minimum atomic E-state index is -2.95. The first-order chi connectivity index (χ1) is 10.5. The summed E-state index contributed by atoms with van der Waals surface area (Å²) in [5, 5.41) is 3.25. The molecular weight excluding hydrogens is 433 g/mol. The highest BCUT2D eigenvalue weighted by Crippen LogP contribution is 2.16. The van der Waals surface area contributed by atoms with Crippen molar-refractivity contribution in [2.75, 3.05) is 65.1 Å². The summed E-state index contributed by atoms with van der Waals surface area (Å²) in [4.78, 5) is 6.50. The zero-order valence-corrected chi connectivity index (χ0v) is 17.4.